The summed E-state index contributed by atoms with van der Waals surface area (Å²) in [6, 6.07) is 0. The van der Waals surface area contributed by atoms with E-state index in [0.29, 0.717) is 6.42 Å². The standard InChI is InChI=1S/C7H8O3/c1-5(8)10-7-4-2-3-6(7)9/h2-3,7H,4H2,1H3. The Labute approximate surface area is 58.7 Å². The van der Waals surface area contributed by atoms with Crippen molar-refractivity contribution in [2.75, 3.05) is 0 Å². The molecule has 0 fully saturated rings. The minimum Gasteiger partial charge on any atom is -0.454 e. The molecule has 1 unspecified atom stereocenters. The van der Waals surface area contributed by atoms with Crippen molar-refractivity contribution in [3.8, 4) is 0 Å². The molecule has 0 aromatic rings. The monoisotopic (exact) mass is 140 g/mol. The molecular weight excluding hydrogens is 132 g/mol. The van der Waals surface area contributed by atoms with Crippen LogP contribution in [0.15, 0.2) is 12.2 Å². The molecule has 0 amide bonds. The first-order chi connectivity index (χ1) is 4.70. The van der Waals surface area contributed by atoms with E-state index in [1.165, 1.54) is 13.0 Å². The van der Waals surface area contributed by atoms with Crippen molar-refractivity contribution in [2.45, 2.75) is 19.4 Å². The van der Waals surface area contributed by atoms with Crippen LogP contribution in [0.25, 0.3) is 0 Å². The first-order valence-electron chi connectivity index (χ1n) is 3.08. The Hall–Kier alpha value is -1.12. The van der Waals surface area contributed by atoms with E-state index >= 15 is 0 Å². The van der Waals surface area contributed by atoms with E-state index in [1.54, 1.807) is 6.08 Å². The first kappa shape index (κ1) is 6.99. The molecule has 0 saturated heterocycles. The molecule has 1 atom stereocenters. The predicted octanol–water partition coefficient (Wildman–Crippen LogP) is 0.447. The van der Waals surface area contributed by atoms with Gasteiger partial charge in [-0.3, -0.25) is 9.59 Å². The average Bonchev–Trinajstić information content (AvgIpc) is 2.15. The maximum Gasteiger partial charge on any atom is 0.303 e. The Balaban J connectivity index is 2.45. The van der Waals surface area contributed by atoms with Gasteiger partial charge in [-0.1, -0.05) is 6.08 Å². The molecule has 0 saturated carbocycles. The van der Waals surface area contributed by atoms with Gasteiger partial charge in [0.1, 0.15) is 0 Å². The lowest BCUT2D eigenvalue weighted by Crippen LogP contribution is -2.20. The summed E-state index contributed by atoms with van der Waals surface area (Å²) < 4.78 is 4.67. The third kappa shape index (κ3) is 1.43. The number of esters is 1. The fourth-order valence-electron chi connectivity index (χ4n) is 0.838. The van der Waals surface area contributed by atoms with Crippen molar-refractivity contribution in [1.82, 2.24) is 0 Å². The second kappa shape index (κ2) is 2.64. The maximum absolute atomic E-state index is 10.7. The van der Waals surface area contributed by atoms with Crippen molar-refractivity contribution in [3.05, 3.63) is 12.2 Å². The zero-order valence-electron chi connectivity index (χ0n) is 5.66. The van der Waals surface area contributed by atoms with Gasteiger partial charge in [-0.25, -0.2) is 0 Å². The summed E-state index contributed by atoms with van der Waals surface area (Å²) in [5.74, 6) is -0.516. The second-order valence-corrected chi connectivity index (χ2v) is 2.14. The summed E-state index contributed by atoms with van der Waals surface area (Å²) in [6.07, 6.45) is 3.12. The molecule has 54 valence electrons. The largest absolute Gasteiger partial charge is 0.454 e. The van der Waals surface area contributed by atoms with E-state index in [-0.39, 0.29) is 5.78 Å². The number of hydrogen-bond acceptors (Lipinski definition) is 3. The van der Waals surface area contributed by atoms with Crippen LogP contribution in [-0.4, -0.2) is 17.9 Å². The quantitative estimate of drug-likeness (QED) is 0.496. The molecule has 1 aliphatic rings. The normalized spacial score (nSPS) is 23.3. The van der Waals surface area contributed by atoms with Crippen molar-refractivity contribution in [2.24, 2.45) is 0 Å². The average molecular weight is 140 g/mol. The number of ketones is 1. The molecule has 10 heavy (non-hydrogen) atoms. The van der Waals surface area contributed by atoms with Crippen molar-refractivity contribution < 1.29 is 14.3 Å². The van der Waals surface area contributed by atoms with E-state index in [0.717, 1.165) is 0 Å². The highest BCUT2D eigenvalue weighted by atomic mass is 16.5. The van der Waals surface area contributed by atoms with Gasteiger partial charge in [-0.15, -0.1) is 0 Å². The van der Waals surface area contributed by atoms with Crippen LogP contribution in [0.1, 0.15) is 13.3 Å². The molecule has 3 heteroatoms. The highest BCUT2D eigenvalue weighted by molar-refractivity contribution is 5.96. The van der Waals surface area contributed by atoms with E-state index in [9.17, 15) is 9.59 Å². The van der Waals surface area contributed by atoms with Crippen LogP contribution in [0.2, 0.25) is 0 Å². The van der Waals surface area contributed by atoms with Crippen LogP contribution in [0.3, 0.4) is 0 Å². The summed E-state index contributed by atoms with van der Waals surface area (Å²) in [5.41, 5.74) is 0. The van der Waals surface area contributed by atoms with Gasteiger partial charge >= 0.3 is 5.97 Å². The molecule has 0 aromatic heterocycles. The van der Waals surface area contributed by atoms with Crippen molar-refractivity contribution in [3.63, 3.8) is 0 Å². The molecule has 1 aliphatic carbocycles. The molecular formula is C7H8O3. The smallest absolute Gasteiger partial charge is 0.303 e. The summed E-state index contributed by atoms with van der Waals surface area (Å²) in [4.78, 5) is 21.1. The summed E-state index contributed by atoms with van der Waals surface area (Å²) in [6.45, 7) is 1.30. The molecule has 0 N–H and O–H groups in total. The fourth-order valence-corrected chi connectivity index (χ4v) is 0.838. The molecule has 0 spiro atoms. The highest BCUT2D eigenvalue weighted by Crippen LogP contribution is 2.09. The summed E-state index contributed by atoms with van der Waals surface area (Å²) in [5, 5.41) is 0. The SMILES string of the molecule is CC(=O)OC1CC=CC1=O. The number of carbonyl (C=O) groups is 2. The first-order valence-corrected chi connectivity index (χ1v) is 3.08. The lowest BCUT2D eigenvalue weighted by Gasteiger charge is -2.06. The number of carbonyl (C=O) groups excluding carboxylic acids is 2. The third-order valence-corrected chi connectivity index (χ3v) is 1.26. The van der Waals surface area contributed by atoms with Gasteiger partial charge in [-0.05, 0) is 6.08 Å². The lowest BCUT2D eigenvalue weighted by atomic mass is 10.3. The van der Waals surface area contributed by atoms with E-state index in [1.807, 2.05) is 0 Å². The van der Waals surface area contributed by atoms with Crippen molar-refractivity contribution >= 4 is 11.8 Å². The zero-order valence-corrected chi connectivity index (χ0v) is 5.66. The van der Waals surface area contributed by atoms with Crippen LogP contribution < -0.4 is 0 Å². The molecule has 0 aliphatic heterocycles. The van der Waals surface area contributed by atoms with Crippen molar-refractivity contribution in [1.29, 1.82) is 0 Å². The van der Waals surface area contributed by atoms with Gasteiger partial charge in [0.05, 0.1) is 0 Å². The Morgan fingerprint density at radius 3 is 2.90 bits per heavy atom. The Morgan fingerprint density at radius 2 is 2.50 bits per heavy atom. The second-order valence-electron chi connectivity index (χ2n) is 2.14. The van der Waals surface area contributed by atoms with Gasteiger partial charge in [0.25, 0.3) is 0 Å². The van der Waals surface area contributed by atoms with Gasteiger partial charge in [-0.2, -0.15) is 0 Å². The van der Waals surface area contributed by atoms with Crippen LogP contribution in [-0.2, 0) is 14.3 Å². The maximum atomic E-state index is 10.7. The Kier molecular flexibility index (Phi) is 1.85. The van der Waals surface area contributed by atoms with Gasteiger partial charge in [0.15, 0.2) is 11.9 Å². The minimum atomic E-state index is -0.544. The summed E-state index contributed by atoms with van der Waals surface area (Å²) in [7, 11) is 0. The lowest BCUT2D eigenvalue weighted by molar-refractivity contribution is -0.150. The number of hydrogen-bond donors (Lipinski definition) is 0. The van der Waals surface area contributed by atoms with Gasteiger partial charge < -0.3 is 4.74 Å². The molecule has 1 rings (SSSR count). The Bertz CT molecular complexity index is 193. The fraction of sp³-hybridized carbons (Fsp3) is 0.429. The van der Waals surface area contributed by atoms with Gasteiger partial charge in [0, 0.05) is 13.3 Å². The van der Waals surface area contributed by atoms with Crippen LogP contribution >= 0.6 is 0 Å². The number of rotatable bonds is 1. The van der Waals surface area contributed by atoms with Gasteiger partial charge in [0.2, 0.25) is 0 Å². The highest BCUT2D eigenvalue weighted by Gasteiger charge is 2.21. The van der Waals surface area contributed by atoms with Crippen LogP contribution in [0.4, 0.5) is 0 Å². The minimum absolute atomic E-state index is 0.116. The van der Waals surface area contributed by atoms with Crippen LogP contribution in [0, 0.1) is 0 Å². The van der Waals surface area contributed by atoms with Crippen LogP contribution in [0.5, 0.6) is 0 Å². The Morgan fingerprint density at radius 1 is 1.80 bits per heavy atom. The van der Waals surface area contributed by atoms with E-state index < -0.39 is 12.1 Å². The molecule has 0 heterocycles. The zero-order chi connectivity index (χ0) is 7.56. The summed E-state index contributed by atoms with van der Waals surface area (Å²) >= 11 is 0. The molecule has 0 aromatic carbocycles. The van der Waals surface area contributed by atoms with E-state index in [2.05, 4.69) is 4.74 Å². The predicted molar refractivity (Wildman–Crippen MR) is 34.3 cm³/mol. The molecule has 0 radical (unpaired) electrons. The topological polar surface area (TPSA) is 43.4 Å². The third-order valence-electron chi connectivity index (χ3n) is 1.26. The number of ether oxygens (including phenoxy) is 1. The van der Waals surface area contributed by atoms with E-state index in [4.69, 9.17) is 0 Å². The molecule has 3 nitrogen and oxygen atoms in total. The molecule has 0 bridgehead atoms.